The summed E-state index contributed by atoms with van der Waals surface area (Å²) in [6.45, 7) is 7.52. The molecule has 0 saturated heterocycles. The minimum atomic E-state index is -0.565. The summed E-state index contributed by atoms with van der Waals surface area (Å²) in [5.41, 5.74) is 2.40. The van der Waals surface area contributed by atoms with E-state index in [1.807, 2.05) is 18.2 Å². The molecule has 0 spiro atoms. The van der Waals surface area contributed by atoms with Crippen LogP contribution in [0.25, 0.3) is 0 Å². The second-order valence-corrected chi connectivity index (χ2v) is 13.3. The monoisotopic (exact) mass is 506 g/mol. The molecular formula is C34H50O3. The lowest BCUT2D eigenvalue weighted by molar-refractivity contribution is -0.0538. The number of carbonyl (C=O) groups is 1. The maximum Gasteiger partial charge on any atom is 0.514 e. The number of allylic oxidation sites excluding steroid dienone is 1. The van der Waals surface area contributed by atoms with Crippen LogP contribution in [0.4, 0.5) is 4.79 Å². The highest BCUT2D eigenvalue weighted by molar-refractivity contribution is 5.64. The van der Waals surface area contributed by atoms with Crippen molar-refractivity contribution in [2.24, 2.45) is 34.5 Å². The lowest BCUT2D eigenvalue weighted by Gasteiger charge is -2.58. The van der Waals surface area contributed by atoms with E-state index in [1.54, 1.807) is 17.7 Å². The highest BCUT2D eigenvalue weighted by atomic mass is 16.7. The fourth-order valence-electron chi connectivity index (χ4n) is 9.23. The van der Waals surface area contributed by atoms with Gasteiger partial charge in [-0.15, -0.1) is 0 Å². The molecule has 37 heavy (non-hydrogen) atoms. The molecule has 0 radical (unpaired) electrons. The lowest BCUT2D eigenvalue weighted by atomic mass is 9.47. The van der Waals surface area contributed by atoms with Gasteiger partial charge in [0.05, 0.1) is 0 Å². The average molecular weight is 507 g/mol. The van der Waals surface area contributed by atoms with E-state index in [-0.39, 0.29) is 11.5 Å². The molecular weight excluding hydrogens is 456 g/mol. The van der Waals surface area contributed by atoms with Crippen molar-refractivity contribution in [3.8, 4) is 5.75 Å². The van der Waals surface area contributed by atoms with Gasteiger partial charge < -0.3 is 9.47 Å². The molecule has 7 atom stereocenters. The Labute approximate surface area is 225 Å². The molecule has 3 nitrogen and oxygen atoms in total. The van der Waals surface area contributed by atoms with E-state index in [1.165, 1.54) is 77.0 Å². The Bertz CT molecular complexity index is 938. The van der Waals surface area contributed by atoms with Crippen molar-refractivity contribution in [1.29, 1.82) is 0 Å². The summed E-state index contributed by atoms with van der Waals surface area (Å²) in [4.78, 5) is 12.4. The predicted octanol–water partition coefficient (Wildman–Crippen LogP) is 9.90. The van der Waals surface area contributed by atoms with Crippen molar-refractivity contribution < 1.29 is 14.3 Å². The summed E-state index contributed by atoms with van der Waals surface area (Å²) < 4.78 is 11.2. The number of rotatable bonds is 9. The van der Waals surface area contributed by atoms with E-state index >= 15 is 0 Å². The zero-order valence-corrected chi connectivity index (χ0v) is 23.7. The molecule has 0 bridgehead atoms. The first-order chi connectivity index (χ1) is 17.9. The van der Waals surface area contributed by atoms with Gasteiger partial charge in [0.2, 0.25) is 0 Å². The fraction of sp³-hybridized carbons (Fsp3) is 0.735. The molecule has 0 unspecified atom stereocenters. The normalized spacial score (nSPS) is 36.6. The van der Waals surface area contributed by atoms with Crippen LogP contribution in [0, 0.1) is 34.5 Å². The van der Waals surface area contributed by atoms with Gasteiger partial charge in [-0.1, -0.05) is 89.1 Å². The van der Waals surface area contributed by atoms with E-state index in [0.29, 0.717) is 11.2 Å². The first-order valence-corrected chi connectivity index (χ1v) is 15.6. The second kappa shape index (κ2) is 11.5. The summed E-state index contributed by atoms with van der Waals surface area (Å²) in [6, 6.07) is 9.24. The van der Waals surface area contributed by atoms with Gasteiger partial charge in [-0.2, -0.15) is 0 Å². The van der Waals surface area contributed by atoms with Crippen molar-refractivity contribution in [1.82, 2.24) is 0 Å². The highest BCUT2D eigenvalue weighted by Gasteiger charge is 2.58. The number of hydrogen-bond donors (Lipinski definition) is 0. The van der Waals surface area contributed by atoms with E-state index < -0.39 is 6.16 Å². The Morgan fingerprint density at radius 2 is 1.70 bits per heavy atom. The van der Waals surface area contributed by atoms with Gasteiger partial charge in [0.25, 0.3) is 0 Å². The molecule has 204 valence electrons. The Morgan fingerprint density at radius 3 is 2.51 bits per heavy atom. The summed E-state index contributed by atoms with van der Waals surface area (Å²) in [6.07, 6.45) is 21.8. The molecule has 1 aromatic carbocycles. The second-order valence-electron chi connectivity index (χ2n) is 13.3. The maximum atomic E-state index is 12.4. The molecule has 0 heterocycles. The van der Waals surface area contributed by atoms with Gasteiger partial charge >= 0.3 is 6.16 Å². The van der Waals surface area contributed by atoms with Gasteiger partial charge in [-0.25, -0.2) is 4.79 Å². The summed E-state index contributed by atoms with van der Waals surface area (Å²) in [7, 11) is 0. The van der Waals surface area contributed by atoms with Crippen molar-refractivity contribution >= 4 is 6.16 Å². The van der Waals surface area contributed by atoms with Gasteiger partial charge in [0.15, 0.2) is 0 Å². The smallest absolute Gasteiger partial charge is 0.430 e. The number of fused-ring (bicyclic) bond motifs is 5. The lowest BCUT2D eigenvalue weighted by Crippen LogP contribution is -2.50. The van der Waals surface area contributed by atoms with Crippen molar-refractivity contribution in [2.45, 2.75) is 123 Å². The largest absolute Gasteiger partial charge is 0.514 e. The van der Waals surface area contributed by atoms with E-state index in [4.69, 9.17) is 9.47 Å². The van der Waals surface area contributed by atoms with Crippen LogP contribution < -0.4 is 4.74 Å². The first-order valence-electron chi connectivity index (χ1n) is 15.6. The number of benzene rings is 1. The van der Waals surface area contributed by atoms with Crippen LogP contribution in [0.1, 0.15) is 117 Å². The van der Waals surface area contributed by atoms with Crippen LogP contribution >= 0.6 is 0 Å². The zero-order valence-electron chi connectivity index (χ0n) is 23.7. The first kappa shape index (κ1) is 26.8. The van der Waals surface area contributed by atoms with Crippen molar-refractivity contribution in [2.75, 3.05) is 0 Å². The summed E-state index contributed by atoms with van der Waals surface area (Å²) in [5.74, 6) is 4.05. The third kappa shape index (κ3) is 5.52. The van der Waals surface area contributed by atoms with Crippen LogP contribution in [-0.2, 0) is 4.74 Å². The molecule has 1 aromatic rings. The molecule has 3 heteroatoms. The topological polar surface area (TPSA) is 35.5 Å². The third-order valence-electron chi connectivity index (χ3n) is 11.4. The third-order valence-corrected chi connectivity index (χ3v) is 11.4. The molecule has 0 aliphatic heterocycles. The van der Waals surface area contributed by atoms with Gasteiger partial charge in [0.1, 0.15) is 11.9 Å². The minimum absolute atomic E-state index is 0.0610. The van der Waals surface area contributed by atoms with Gasteiger partial charge in [-0.05, 0) is 98.0 Å². The van der Waals surface area contributed by atoms with Crippen LogP contribution in [0.3, 0.4) is 0 Å². The summed E-state index contributed by atoms with van der Waals surface area (Å²) >= 11 is 0. The number of para-hydroxylation sites is 1. The van der Waals surface area contributed by atoms with Crippen molar-refractivity contribution in [3.63, 3.8) is 0 Å². The molecule has 0 N–H and O–H groups in total. The van der Waals surface area contributed by atoms with Gasteiger partial charge in [0, 0.05) is 6.42 Å². The molecule has 0 amide bonds. The Hall–Kier alpha value is -1.77. The van der Waals surface area contributed by atoms with E-state index in [2.05, 4.69) is 26.8 Å². The zero-order chi connectivity index (χ0) is 25.9. The highest BCUT2D eigenvalue weighted by Crippen LogP contribution is 2.66. The number of carbonyl (C=O) groups excluding carboxylic acids is 1. The van der Waals surface area contributed by atoms with Crippen LogP contribution in [0.15, 0.2) is 42.0 Å². The number of hydrogen-bond acceptors (Lipinski definition) is 3. The molecule has 5 rings (SSSR count). The van der Waals surface area contributed by atoms with E-state index in [9.17, 15) is 4.79 Å². The quantitative estimate of drug-likeness (QED) is 0.145. The molecule has 4 aliphatic rings. The maximum absolute atomic E-state index is 12.4. The summed E-state index contributed by atoms with van der Waals surface area (Å²) in [5, 5.41) is 0. The standard InChI is InChI=1S/C34H50O3/c1-4-5-6-7-8-10-13-25-17-19-30-29-18-16-26-24-28(37-32(35)36-27-14-11-9-12-15-27)20-22-34(26,3)31(29)21-23-33(25,30)2/h9,11-12,14-16,25,28-31H,4-8,10,13,17-24H2,1-3H3/t25-,28-,29-,30-,31-,33+,34-/m0/s1. The fourth-order valence-corrected chi connectivity index (χ4v) is 9.23. The van der Waals surface area contributed by atoms with Crippen LogP contribution in [0.5, 0.6) is 5.75 Å². The SMILES string of the molecule is CCCCCCCC[C@H]1CC[C@H]2[C@@H]3CC=C4C[C@@H](OC(=O)Oc5ccccc5)CC[C@]4(C)[C@H]3CC[C@]12C. The van der Waals surface area contributed by atoms with Crippen molar-refractivity contribution in [3.05, 3.63) is 42.0 Å². The predicted molar refractivity (Wildman–Crippen MR) is 151 cm³/mol. The Balaban J connectivity index is 1.18. The minimum Gasteiger partial charge on any atom is -0.430 e. The Morgan fingerprint density at radius 1 is 0.919 bits per heavy atom. The number of unbranched alkanes of at least 4 members (excludes halogenated alkanes) is 5. The van der Waals surface area contributed by atoms with Crippen LogP contribution in [-0.4, -0.2) is 12.3 Å². The number of ether oxygens (including phenoxy) is 2. The molecule has 4 aliphatic carbocycles. The Kier molecular flexibility index (Phi) is 8.37. The van der Waals surface area contributed by atoms with Gasteiger partial charge in [-0.3, -0.25) is 0 Å². The molecule has 3 fully saturated rings. The molecule has 0 aromatic heterocycles. The van der Waals surface area contributed by atoms with E-state index in [0.717, 1.165) is 42.9 Å². The average Bonchev–Trinajstić information content (AvgIpc) is 3.23. The molecule has 3 saturated carbocycles. The van der Waals surface area contributed by atoms with Crippen LogP contribution in [0.2, 0.25) is 0 Å².